The van der Waals surface area contributed by atoms with Crippen molar-refractivity contribution in [3.8, 4) is 17.1 Å². The van der Waals surface area contributed by atoms with E-state index in [9.17, 15) is 0 Å². The van der Waals surface area contributed by atoms with Gasteiger partial charge in [-0.2, -0.15) is 0 Å². The molecule has 0 aliphatic rings. The molecule has 7 aromatic carbocycles. The fourth-order valence-electron chi connectivity index (χ4n) is 8.04. The summed E-state index contributed by atoms with van der Waals surface area (Å²) in [6.45, 7) is 0. The predicted octanol–water partition coefficient (Wildman–Crippen LogP) is 10.7. The summed E-state index contributed by atoms with van der Waals surface area (Å²) >= 11 is 0. The lowest BCUT2D eigenvalue weighted by Crippen LogP contribution is -2.02. The Labute approximate surface area is 262 Å². The minimum absolute atomic E-state index is 0.841. The summed E-state index contributed by atoms with van der Waals surface area (Å²) in [4.78, 5) is 0. The van der Waals surface area contributed by atoms with Crippen LogP contribution in [0.1, 0.15) is 0 Å². The fraction of sp³-hybridized carbons (Fsp3) is 0. The summed E-state index contributed by atoms with van der Waals surface area (Å²) in [5, 5.41) is 22.2. The number of fused-ring (bicyclic) bond motifs is 13. The van der Waals surface area contributed by atoms with Crippen LogP contribution < -0.4 is 0 Å². The van der Waals surface area contributed by atoms with Gasteiger partial charge in [-0.05, 0) is 39.7 Å². The van der Waals surface area contributed by atoms with Gasteiger partial charge in [0.25, 0.3) is 0 Å². The number of hydrogen-bond donors (Lipinski definition) is 0. The van der Waals surface area contributed by atoms with Crippen molar-refractivity contribution in [2.24, 2.45) is 0 Å². The van der Waals surface area contributed by atoms with E-state index in [4.69, 9.17) is 10.2 Å². The van der Waals surface area contributed by atoms with Gasteiger partial charge >= 0.3 is 0 Å². The van der Waals surface area contributed by atoms with E-state index in [1.807, 2.05) is 6.07 Å². The van der Waals surface area contributed by atoms with Gasteiger partial charge in [0.15, 0.2) is 5.82 Å². The molecule has 0 fully saturated rings. The molecule has 0 atom stereocenters. The van der Waals surface area contributed by atoms with Crippen LogP contribution in [0.15, 0.2) is 146 Å². The molecule has 0 saturated carbocycles. The molecule has 0 saturated heterocycles. The van der Waals surface area contributed by atoms with E-state index in [1.165, 1.54) is 59.6 Å². The topological polar surface area (TPSA) is 35.1 Å². The summed E-state index contributed by atoms with van der Waals surface area (Å²) in [5.74, 6) is 0.841. The molecular formula is C42H24N4. The molecule has 4 heterocycles. The van der Waals surface area contributed by atoms with Crippen LogP contribution in [-0.4, -0.2) is 19.2 Å². The molecule has 0 N–H and O–H groups in total. The number of benzene rings is 7. The van der Waals surface area contributed by atoms with E-state index in [0.717, 1.165) is 38.9 Å². The van der Waals surface area contributed by atoms with Gasteiger partial charge in [-0.1, -0.05) is 127 Å². The molecule has 11 aromatic rings. The highest BCUT2D eigenvalue weighted by atomic mass is 15.2. The van der Waals surface area contributed by atoms with E-state index < -0.39 is 0 Å². The van der Waals surface area contributed by atoms with Crippen molar-refractivity contribution in [2.45, 2.75) is 0 Å². The summed E-state index contributed by atoms with van der Waals surface area (Å²) < 4.78 is 4.90. The van der Waals surface area contributed by atoms with Gasteiger partial charge in [-0.25, -0.2) is 0 Å². The van der Waals surface area contributed by atoms with Crippen molar-refractivity contribution >= 4 is 81.4 Å². The largest absolute Gasteiger partial charge is 0.306 e. The molecule has 0 aliphatic heterocycles. The van der Waals surface area contributed by atoms with Gasteiger partial charge in [0.1, 0.15) is 5.69 Å². The number of aromatic nitrogens is 4. The highest BCUT2D eigenvalue weighted by molar-refractivity contribution is 6.35. The smallest absolute Gasteiger partial charge is 0.168 e. The number of para-hydroxylation sites is 1. The zero-order chi connectivity index (χ0) is 29.9. The number of nitrogens with zero attached hydrogens (tertiary/aromatic N) is 4. The molecule has 0 bridgehead atoms. The van der Waals surface area contributed by atoms with Gasteiger partial charge in [0, 0.05) is 37.9 Å². The molecule has 0 spiro atoms. The van der Waals surface area contributed by atoms with Crippen molar-refractivity contribution in [1.29, 1.82) is 0 Å². The van der Waals surface area contributed by atoms with Crippen LogP contribution in [0.5, 0.6) is 0 Å². The molecular weight excluding hydrogens is 560 g/mol. The van der Waals surface area contributed by atoms with Crippen molar-refractivity contribution in [2.75, 3.05) is 0 Å². The molecule has 212 valence electrons. The minimum Gasteiger partial charge on any atom is -0.306 e. The Hall–Kier alpha value is -6.26. The number of hydrogen-bond acceptors (Lipinski definition) is 2. The molecule has 11 rings (SSSR count). The first-order valence-electron chi connectivity index (χ1n) is 15.7. The fourth-order valence-corrected chi connectivity index (χ4v) is 8.04. The van der Waals surface area contributed by atoms with Gasteiger partial charge in [-0.15, -0.1) is 10.2 Å². The minimum atomic E-state index is 0.841. The van der Waals surface area contributed by atoms with Crippen LogP contribution in [0.3, 0.4) is 0 Å². The third kappa shape index (κ3) is 2.94. The predicted molar refractivity (Wildman–Crippen MR) is 191 cm³/mol. The average molecular weight is 585 g/mol. The Morgan fingerprint density at radius 1 is 0.391 bits per heavy atom. The van der Waals surface area contributed by atoms with Gasteiger partial charge in [-0.3, -0.25) is 4.57 Å². The van der Waals surface area contributed by atoms with Crippen molar-refractivity contribution in [1.82, 2.24) is 19.2 Å². The maximum absolute atomic E-state index is 5.07. The first kappa shape index (κ1) is 24.1. The summed E-state index contributed by atoms with van der Waals surface area (Å²) in [5.41, 5.74) is 7.92. The van der Waals surface area contributed by atoms with E-state index >= 15 is 0 Å². The van der Waals surface area contributed by atoms with Crippen LogP contribution in [0.25, 0.3) is 98.5 Å². The average Bonchev–Trinajstić information content (AvgIpc) is 3.76. The molecule has 0 radical (unpaired) electrons. The Balaban J connectivity index is 1.43. The van der Waals surface area contributed by atoms with E-state index in [2.05, 4.69) is 148 Å². The summed E-state index contributed by atoms with van der Waals surface area (Å²) in [6, 6.07) is 52.2. The van der Waals surface area contributed by atoms with Gasteiger partial charge in [0.2, 0.25) is 0 Å². The Morgan fingerprint density at radius 3 is 1.87 bits per heavy atom. The Bertz CT molecular complexity index is 3020. The standard InChI is InChI=1S/C42H24N4/c1-2-13-26(14-3-1)38-30-18-8-9-19-31(30)42(44-43-38)46-35-23-22-25-12-4-6-16-28(25)37(35)41-40(46)33-24-27-15-5-7-17-29(27)36-32-20-10-11-21-34(32)45(41)39(33)36/h1-24H. The molecule has 46 heavy (non-hydrogen) atoms. The lowest BCUT2D eigenvalue weighted by Gasteiger charge is -2.13. The molecule has 0 amide bonds. The number of rotatable bonds is 2. The third-order valence-electron chi connectivity index (χ3n) is 9.90. The normalized spacial score (nSPS) is 12.3. The summed E-state index contributed by atoms with van der Waals surface area (Å²) in [6.07, 6.45) is 0. The quantitative estimate of drug-likeness (QED) is 0.203. The van der Waals surface area contributed by atoms with E-state index in [-0.39, 0.29) is 0 Å². The van der Waals surface area contributed by atoms with Crippen molar-refractivity contribution < 1.29 is 0 Å². The zero-order valence-corrected chi connectivity index (χ0v) is 24.6. The first-order valence-corrected chi connectivity index (χ1v) is 15.7. The Morgan fingerprint density at radius 2 is 1.04 bits per heavy atom. The SMILES string of the molecule is c1ccc(-c2nnc(-n3c4ccc5ccccc5c4c4c3c3cc5ccccc5c5c6ccccc6n4c35)c3ccccc23)cc1. The Kier molecular flexibility index (Phi) is 4.55. The molecule has 4 nitrogen and oxygen atoms in total. The highest BCUT2D eigenvalue weighted by Crippen LogP contribution is 2.48. The summed E-state index contributed by atoms with van der Waals surface area (Å²) in [7, 11) is 0. The zero-order valence-electron chi connectivity index (χ0n) is 24.6. The van der Waals surface area contributed by atoms with Crippen LogP contribution in [0, 0.1) is 0 Å². The van der Waals surface area contributed by atoms with Crippen LogP contribution in [0.4, 0.5) is 0 Å². The highest BCUT2D eigenvalue weighted by Gasteiger charge is 2.27. The maximum Gasteiger partial charge on any atom is 0.168 e. The molecule has 0 unspecified atom stereocenters. The lowest BCUT2D eigenvalue weighted by molar-refractivity contribution is 0.978. The van der Waals surface area contributed by atoms with Crippen molar-refractivity contribution in [3.05, 3.63) is 146 Å². The molecule has 4 aromatic heterocycles. The first-order chi connectivity index (χ1) is 22.9. The maximum atomic E-state index is 5.07. The van der Waals surface area contributed by atoms with E-state index in [1.54, 1.807) is 0 Å². The van der Waals surface area contributed by atoms with Crippen LogP contribution in [-0.2, 0) is 0 Å². The van der Waals surface area contributed by atoms with Crippen LogP contribution in [0.2, 0.25) is 0 Å². The second kappa shape index (κ2) is 8.68. The lowest BCUT2D eigenvalue weighted by atomic mass is 10.0. The second-order valence-electron chi connectivity index (χ2n) is 12.2. The van der Waals surface area contributed by atoms with Crippen LogP contribution >= 0.6 is 0 Å². The monoisotopic (exact) mass is 584 g/mol. The van der Waals surface area contributed by atoms with Crippen molar-refractivity contribution in [3.63, 3.8) is 0 Å². The third-order valence-corrected chi connectivity index (χ3v) is 9.90. The second-order valence-corrected chi connectivity index (χ2v) is 12.2. The van der Waals surface area contributed by atoms with E-state index in [0.29, 0.717) is 0 Å². The molecule has 0 aliphatic carbocycles. The van der Waals surface area contributed by atoms with Gasteiger partial charge in [0.05, 0.1) is 27.6 Å². The van der Waals surface area contributed by atoms with Gasteiger partial charge < -0.3 is 4.40 Å². The molecule has 4 heteroatoms.